The van der Waals surface area contributed by atoms with Crippen molar-refractivity contribution in [1.82, 2.24) is 0 Å². The van der Waals surface area contributed by atoms with Crippen LogP contribution in [0.1, 0.15) is 26.7 Å². The standard InChI is InChI=1S/C9H7N3O3/c10-3-1-2-6-5(8(11)13)4-7(15-6)9(12)14/h1-2,4H,(H2,11,13)(H2,12,14)/b2-1+. The van der Waals surface area contributed by atoms with E-state index in [2.05, 4.69) is 0 Å². The van der Waals surface area contributed by atoms with E-state index >= 15 is 0 Å². The molecule has 0 atom stereocenters. The summed E-state index contributed by atoms with van der Waals surface area (Å²) in [5, 5.41) is 8.29. The summed E-state index contributed by atoms with van der Waals surface area (Å²) in [5.41, 5.74) is 9.99. The molecule has 6 nitrogen and oxygen atoms in total. The van der Waals surface area contributed by atoms with Gasteiger partial charge in [-0.15, -0.1) is 0 Å². The Morgan fingerprint density at radius 1 is 1.40 bits per heavy atom. The Balaban J connectivity index is 3.24. The van der Waals surface area contributed by atoms with Crippen molar-refractivity contribution in [2.24, 2.45) is 11.5 Å². The highest BCUT2D eigenvalue weighted by atomic mass is 16.4. The van der Waals surface area contributed by atoms with Gasteiger partial charge in [0.2, 0.25) is 0 Å². The monoisotopic (exact) mass is 205 g/mol. The molecule has 6 heteroatoms. The van der Waals surface area contributed by atoms with Gasteiger partial charge in [-0.05, 0) is 6.08 Å². The number of furan rings is 1. The third-order valence-corrected chi connectivity index (χ3v) is 1.58. The zero-order valence-corrected chi connectivity index (χ0v) is 7.56. The Morgan fingerprint density at radius 2 is 2.07 bits per heavy atom. The van der Waals surface area contributed by atoms with Crippen LogP contribution < -0.4 is 11.5 Å². The molecule has 1 aromatic rings. The van der Waals surface area contributed by atoms with E-state index in [1.807, 2.05) is 0 Å². The molecule has 15 heavy (non-hydrogen) atoms. The maximum atomic E-state index is 10.9. The highest BCUT2D eigenvalue weighted by molar-refractivity contribution is 5.99. The maximum absolute atomic E-state index is 10.9. The fraction of sp³-hybridized carbons (Fsp3) is 0. The van der Waals surface area contributed by atoms with Gasteiger partial charge >= 0.3 is 0 Å². The topological polar surface area (TPSA) is 123 Å². The minimum atomic E-state index is -0.811. The molecule has 0 saturated heterocycles. The van der Waals surface area contributed by atoms with Crippen LogP contribution in [0.5, 0.6) is 0 Å². The van der Waals surface area contributed by atoms with Crippen LogP contribution in [0, 0.1) is 11.3 Å². The average Bonchev–Trinajstić information content (AvgIpc) is 2.58. The zero-order chi connectivity index (χ0) is 11.4. The maximum Gasteiger partial charge on any atom is 0.284 e. The van der Waals surface area contributed by atoms with Gasteiger partial charge in [-0.1, -0.05) is 0 Å². The third kappa shape index (κ3) is 2.22. The van der Waals surface area contributed by atoms with E-state index in [9.17, 15) is 9.59 Å². The fourth-order valence-electron chi connectivity index (χ4n) is 0.956. The summed E-state index contributed by atoms with van der Waals surface area (Å²) >= 11 is 0. The van der Waals surface area contributed by atoms with E-state index in [0.29, 0.717) is 0 Å². The molecule has 1 aromatic heterocycles. The van der Waals surface area contributed by atoms with E-state index in [4.69, 9.17) is 21.1 Å². The van der Waals surface area contributed by atoms with Gasteiger partial charge in [0.25, 0.3) is 11.8 Å². The molecule has 0 spiro atoms. The lowest BCUT2D eigenvalue weighted by Gasteiger charge is -1.89. The number of carbonyl (C=O) groups is 2. The Bertz CT molecular complexity index is 479. The molecular weight excluding hydrogens is 198 g/mol. The first-order chi connectivity index (χ1) is 7.06. The number of carbonyl (C=O) groups excluding carboxylic acids is 2. The molecule has 0 unspecified atom stereocenters. The number of rotatable bonds is 3. The highest BCUT2D eigenvalue weighted by Crippen LogP contribution is 2.16. The number of allylic oxidation sites excluding steroid dienone is 1. The normalized spacial score (nSPS) is 10.1. The fourth-order valence-corrected chi connectivity index (χ4v) is 0.956. The zero-order valence-electron chi connectivity index (χ0n) is 7.56. The Labute approximate surface area is 84.8 Å². The van der Waals surface area contributed by atoms with Crippen molar-refractivity contribution in [2.45, 2.75) is 0 Å². The number of amides is 2. The van der Waals surface area contributed by atoms with E-state index in [0.717, 1.165) is 12.1 Å². The van der Waals surface area contributed by atoms with Gasteiger partial charge in [0.05, 0.1) is 11.6 Å². The van der Waals surface area contributed by atoms with Crippen LogP contribution in [0.25, 0.3) is 6.08 Å². The van der Waals surface area contributed by atoms with Crippen molar-refractivity contribution >= 4 is 17.9 Å². The van der Waals surface area contributed by atoms with E-state index < -0.39 is 11.8 Å². The van der Waals surface area contributed by atoms with Crippen molar-refractivity contribution in [3.05, 3.63) is 29.2 Å². The average molecular weight is 205 g/mol. The second kappa shape index (κ2) is 4.11. The lowest BCUT2D eigenvalue weighted by Crippen LogP contribution is -2.12. The molecule has 4 N–H and O–H groups in total. The first kappa shape index (κ1) is 10.5. The number of hydrogen-bond donors (Lipinski definition) is 2. The molecule has 0 aromatic carbocycles. The van der Waals surface area contributed by atoms with E-state index in [1.54, 1.807) is 6.07 Å². The summed E-state index contributed by atoms with van der Waals surface area (Å²) in [6, 6.07) is 2.85. The first-order valence-electron chi connectivity index (χ1n) is 3.86. The van der Waals surface area contributed by atoms with Crippen LogP contribution in [0.4, 0.5) is 0 Å². The summed E-state index contributed by atoms with van der Waals surface area (Å²) in [4.78, 5) is 21.7. The van der Waals surface area contributed by atoms with Gasteiger partial charge in [-0.2, -0.15) is 5.26 Å². The van der Waals surface area contributed by atoms with Crippen LogP contribution >= 0.6 is 0 Å². The van der Waals surface area contributed by atoms with Gasteiger partial charge in [0, 0.05) is 12.1 Å². The quantitative estimate of drug-likeness (QED) is 0.674. The van der Waals surface area contributed by atoms with Gasteiger partial charge in [-0.25, -0.2) is 0 Å². The summed E-state index contributed by atoms with van der Waals surface area (Å²) < 4.78 is 4.93. The predicted octanol–water partition coefficient (Wildman–Crippen LogP) is 0.0142. The lowest BCUT2D eigenvalue weighted by molar-refractivity contribution is 0.0971. The summed E-state index contributed by atoms with van der Waals surface area (Å²) in [6.45, 7) is 0. The van der Waals surface area contributed by atoms with E-state index in [1.165, 1.54) is 6.08 Å². The first-order valence-corrected chi connectivity index (χ1v) is 3.86. The number of nitrogens with zero attached hydrogens (tertiary/aromatic N) is 1. The molecular formula is C9H7N3O3. The molecule has 0 saturated carbocycles. The molecule has 0 fully saturated rings. The predicted molar refractivity (Wildman–Crippen MR) is 50.4 cm³/mol. The van der Waals surface area contributed by atoms with Crippen LogP contribution in [0.15, 0.2) is 16.6 Å². The summed E-state index contributed by atoms with van der Waals surface area (Å²) in [6.07, 6.45) is 2.32. The minimum Gasteiger partial charge on any atom is -0.451 e. The molecule has 76 valence electrons. The second-order valence-corrected chi connectivity index (χ2v) is 2.58. The van der Waals surface area contributed by atoms with Crippen LogP contribution in [-0.2, 0) is 0 Å². The third-order valence-electron chi connectivity index (χ3n) is 1.58. The van der Waals surface area contributed by atoms with Crippen LogP contribution in [0.2, 0.25) is 0 Å². The molecule has 0 radical (unpaired) electrons. The highest BCUT2D eigenvalue weighted by Gasteiger charge is 2.16. The molecule has 1 rings (SSSR count). The van der Waals surface area contributed by atoms with Crippen molar-refractivity contribution in [3.63, 3.8) is 0 Å². The van der Waals surface area contributed by atoms with Crippen molar-refractivity contribution in [1.29, 1.82) is 5.26 Å². The second-order valence-electron chi connectivity index (χ2n) is 2.58. The number of hydrogen-bond acceptors (Lipinski definition) is 4. The molecule has 2 amide bonds. The Kier molecular flexibility index (Phi) is 2.88. The molecule has 0 bridgehead atoms. The smallest absolute Gasteiger partial charge is 0.284 e. The molecule has 0 aliphatic carbocycles. The van der Waals surface area contributed by atoms with Gasteiger partial charge in [-0.3, -0.25) is 9.59 Å². The minimum absolute atomic E-state index is 0.00954. The lowest BCUT2D eigenvalue weighted by atomic mass is 10.2. The Morgan fingerprint density at radius 3 is 2.53 bits per heavy atom. The summed E-state index contributed by atoms with van der Waals surface area (Å²) in [7, 11) is 0. The van der Waals surface area contributed by atoms with Crippen molar-refractivity contribution < 1.29 is 14.0 Å². The Hall–Kier alpha value is -2.55. The van der Waals surface area contributed by atoms with Crippen molar-refractivity contribution in [3.8, 4) is 6.07 Å². The number of nitrogens with two attached hydrogens (primary N) is 2. The van der Waals surface area contributed by atoms with E-state index in [-0.39, 0.29) is 17.1 Å². The molecule has 1 heterocycles. The molecule has 0 aliphatic rings. The van der Waals surface area contributed by atoms with Crippen LogP contribution in [0.3, 0.4) is 0 Å². The number of nitriles is 1. The van der Waals surface area contributed by atoms with Crippen molar-refractivity contribution in [2.75, 3.05) is 0 Å². The van der Waals surface area contributed by atoms with Gasteiger partial charge in [0.1, 0.15) is 5.76 Å². The van der Waals surface area contributed by atoms with Crippen LogP contribution in [-0.4, -0.2) is 11.8 Å². The SMILES string of the molecule is N#C/C=C/c1oc(C(N)=O)cc1C(N)=O. The number of primary amides is 2. The largest absolute Gasteiger partial charge is 0.451 e. The summed E-state index contributed by atoms with van der Waals surface area (Å²) in [5.74, 6) is -1.71. The van der Waals surface area contributed by atoms with Gasteiger partial charge in [0.15, 0.2) is 5.76 Å². The van der Waals surface area contributed by atoms with Gasteiger partial charge < -0.3 is 15.9 Å². The molecule has 0 aliphatic heterocycles.